The highest BCUT2D eigenvalue weighted by Crippen LogP contribution is 2.03. The second-order valence-corrected chi connectivity index (χ2v) is 3.98. The molecule has 0 heterocycles. The summed E-state index contributed by atoms with van der Waals surface area (Å²) in [6.45, 7) is 1.44. The van der Waals surface area contributed by atoms with E-state index in [2.05, 4.69) is 5.32 Å². The number of carboxylic acid groups (broad SMARTS) is 1. The molecule has 0 saturated carbocycles. The number of benzene rings is 1. The summed E-state index contributed by atoms with van der Waals surface area (Å²) in [5.74, 6) is -1.27. The predicted molar refractivity (Wildman–Crippen MR) is 70.0 cm³/mol. The lowest BCUT2D eigenvalue weighted by Crippen LogP contribution is -2.38. The van der Waals surface area contributed by atoms with Gasteiger partial charge in [-0.1, -0.05) is 42.5 Å². The van der Waals surface area contributed by atoms with Gasteiger partial charge in [-0.25, -0.2) is 0 Å². The molecule has 0 saturated heterocycles. The molecule has 1 amide bonds. The molecule has 0 aliphatic heterocycles. The van der Waals surface area contributed by atoms with E-state index in [0.717, 1.165) is 5.56 Å². The van der Waals surface area contributed by atoms with E-state index in [4.69, 9.17) is 5.11 Å². The second-order valence-electron chi connectivity index (χ2n) is 3.98. The van der Waals surface area contributed by atoms with E-state index in [1.807, 2.05) is 42.5 Å². The molecule has 1 aromatic rings. The van der Waals surface area contributed by atoms with Crippen molar-refractivity contribution in [3.05, 3.63) is 42.0 Å². The molecular weight excluding hydrogens is 230 g/mol. The number of aliphatic carboxylic acids is 1. The van der Waals surface area contributed by atoms with Crippen LogP contribution in [0.4, 0.5) is 0 Å². The number of carbonyl (C=O) groups is 2. The summed E-state index contributed by atoms with van der Waals surface area (Å²) in [6, 6.07) is 8.95. The van der Waals surface area contributed by atoms with E-state index < -0.39 is 12.0 Å². The number of hydrogen-bond acceptors (Lipinski definition) is 2. The molecule has 0 spiro atoms. The van der Waals surface area contributed by atoms with Crippen molar-refractivity contribution >= 4 is 18.0 Å². The summed E-state index contributed by atoms with van der Waals surface area (Å²) < 4.78 is 0. The van der Waals surface area contributed by atoms with Crippen LogP contribution in [0.3, 0.4) is 0 Å². The molecule has 1 aromatic carbocycles. The van der Waals surface area contributed by atoms with Gasteiger partial charge in [0, 0.05) is 6.42 Å². The van der Waals surface area contributed by atoms with Gasteiger partial charge in [-0.2, -0.15) is 0 Å². The maximum atomic E-state index is 11.4. The number of carbonyl (C=O) groups excluding carboxylic acids is 1. The molecule has 0 aliphatic rings. The van der Waals surface area contributed by atoms with Gasteiger partial charge in [-0.15, -0.1) is 0 Å². The van der Waals surface area contributed by atoms with Gasteiger partial charge in [0.1, 0.15) is 6.04 Å². The van der Waals surface area contributed by atoms with Crippen molar-refractivity contribution in [1.29, 1.82) is 0 Å². The van der Waals surface area contributed by atoms with Gasteiger partial charge in [0.2, 0.25) is 5.91 Å². The third kappa shape index (κ3) is 5.30. The average molecular weight is 247 g/mol. The van der Waals surface area contributed by atoms with E-state index in [1.165, 1.54) is 6.92 Å². The molecule has 4 nitrogen and oxygen atoms in total. The molecule has 96 valence electrons. The normalized spacial score (nSPS) is 12.3. The first-order valence-corrected chi connectivity index (χ1v) is 5.83. The molecule has 18 heavy (non-hydrogen) atoms. The van der Waals surface area contributed by atoms with Crippen LogP contribution in [-0.4, -0.2) is 23.0 Å². The van der Waals surface area contributed by atoms with Crippen molar-refractivity contribution in [2.24, 2.45) is 0 Å². The molecule has 0 radical (unpaired) electrons. The number of amides is 1. The predicted octanol–water partition coefficient (Wildman–Crippen LogP) is 2.07. The Bertz CT molecular complexity index is 426. The summed E-state index contributed by atoms with van der Waals surface area (Å²) in [5.41, 5.74) is 1.08. The zero-order valence-corrected chi connectivity index (χ0v) is 10.3. The minimum atomic E-state index is -1.02. The molecule has 2 N–H and O–H groups in total. The molecule has 0 aliphatic carbocycles. The van der Waals surface area contributed by atoms with Crippen LogP contribution >= 0.6 is 0 Å². The summed E-state index contributed by atoms with van der Waals surface area (Å²) in [4.78, 5) is 21.9. The highest BCUT2D eigenvalue weighted by atomic mass is 16.4. The Labute approximate surface area is 106 Å². The van der Waals surface area contributed by atoms with Crippen LogP contribution in [-0.2, 0) is 9.59 Å². The minimum absolute atomic E-state index is 0.248. The molecule has 4 heteroatoms. The van der Waals surface area contributed by atoms with E-state index in [1.54, 1.807) is 0 Å². The van der Waals surface area contributed by atoms with Crippen LogP contribution in [0.2, 0.25) is 0 Å². The van der Waals surface area contributed by atoms with Gasteiger partial charge in [0.25, 0.3) is 0 Å². The Morgan fingerprint density at radius 1 is 1.33 bits per heavy atom. The van der Waals surface area contributed by atoms with E-state index in [9.17, 15) is 9.59 Å². The lowest BCUT2D eigenvalue weighted by molar-refractivity contribution is -0.141. The van der Waals surface area contributed by atoms with E-state index in [-0.39, 0.29) is 5.91 Å². The van der Waals surface area contributed by atoms with Crippen LogP contribution in [0.15, 0.2) is 36.4 Å². The van der Waals surface area contributed by atoms with Gasteiger partial charge in [0.05, 0.1) is 0 Å². The maximum absolute atomic E-state index is 11.4. The third-order valence-electron chi connectivity index (χ3n) is 2.40. The topological polar surface area (TPSA) is 66.4 Å². The lowest BCUT2D eigenvalue weighted by Gasteiger charge is -2.07. The molecular formula is C14H17NO3. The van der Waals surface area contributed by atoms with Crippen molar-refractivity contribution in [3.63, 3.8) is 0 Å². The summed E-state index contributed by atoms with van der Waals surface area (Å²) in [5, 5.41) is 11.0. The van der Waals surface area contributed by atoms with Crippen molar-refractivity contribution in [3.8, 4) is 0 Å². The van der Waals surface area contributed by atoms with Crippen molar-refractivity contribution in [1.82, 2.24) is 5.32 Å². The van der Waals surface area contributed by atoms with Crippen LogP contribution in [0, 0.1) is 0 Å². The third-order valence-corrected chi connectivity index (χ3v) is 2.40. The molecule has 0 fully saturated rings. The number of nitrogens with one attached hydrogen (secondary N) is 1. The van der Waals surface area contributed by atoms with E-state index >= 15 is 0 Å². The smallest absolute Gasteiger partial charge is 0.325 e. The quantitative estimate of drug-likeness (QED) is 0.808. The first-order valence-electron chi connectivity index (χ1n) is 5.83. The average Bonchev–Trinajstić information content (AvgIpc) is 2.35. The van der Waals surface area contributed by atoms with Crippen LogP contribution in [0.5, 0.6) is 0 Å². The van der Waals surface area contributed by atoms with Gasteiger partial charge in [-0.05, 0) is 18.9 Å². The molecule has 0 bridgehead atoms. The first kappa shape index (κ1) is 14.0. The largest absolute Gasteiger partial charge is 0.480 e. The Hall–Kier alpha value is -2.10. The molecule has 0 aromatic heterocycles. The molecule has 1 unspecified atom stereocenters. The number of carboxylic acids is 1. The zero-order valence-electron chi connectivity index (χ0n) is 10.3. The second kappa shape index (κ2) is 7.27. The summed E-state index contributed by atoms with van der Waals surface area (Å²) in [7, 11) is 0. The van der Waals surface area contributed by atoms with E-state index in [0.29, 0.717) is 12.8 Å². The number of rotatable bonds is 6. The summed E-state index contributed by atoms with van der Waals surface area (Å²) >= 11 is 0. The van der Waals surface area contributed by atoms with Crippen LogP contribution in [0.1, 0.15) is 25.3 Å². The Kier molecular flexibility index (Phi) is 5.64. The minimum Gasteiger partial charge on any atom is -0.480 e. The Morgan fingerprint density at radius 2 is 2.00 bits per heavy atom. The first-order chi connectivity index (χ1) is 8.59. The maximum Gasteiger partial charge on any atom is 0.325 e. The lowest BCUT2D eigenvalue weighted by atomic mass is 10.2. The van der Waals surface area contributed by atoms with Gasteiger partial charge >= 0.3 is 5.97 Å². The molecule has 1 atom stereocenters. The SMILES string of the molecule is CC(NC(=O)CC/C=C/c1ccccc1)C(=O)O. The monoisotopic (exact) mass is 247 g/mol. The van der Waals surface area contributed by atoms with Gasteiger partial charge in [0.15, 0.2) is 0 Å². The summed E-state index contributed by atoms with van der Waals surface area (Å²) in [6.07, 6.45) is 4.72. The Morgan fingerprint density at radius 3 is 2.61 bits per heavy atom. The standard InChI is InChI=1S/C14H17NO3/c1-11(14(17)18)15-13(16)10-6-5-9-12-7-3-2-4-8-12/h2-5,7-9,11H,6,10H2,1H3,(H,15,16)(H,17,18)/b9-5+. The fraction of sp³-hybridized carbons (Fsp3) is 0.286. The van der Waals surface area contributed by atoms with Crippen LogP contribution in [0.25, 0.3) is 6.08 Å². The van der Waals surface area contributed by atoms with Crippen molar-refractivity contribution < 1.29 is 14.7 Å². The van der Waals surface area contributed by atoms with Crippen LogP contribution < -0.4 is 5.32 Å². The van der Waals surface area contributed by atoms with Gasteiger partial charge in [-0.3, -0.25) is 9.59 Å². The zero-order chi connectivity index (χ0) is 13.4. The highest BCUT2D eigenvalue weighted by molar-refractivity contribution is 5.83. The number of hydrogen-bond donors (Lipinski definition) is 2. The molecule has 1 rings (SSSR count). The number of allylic oxidation sites excluding steroid dienone is 1. The Balaban J connectivity index is 2.28. The van der Waals surface area contributed by atoms with Crippen molar-refractivity contribution in [2.75, 3.05) is 0 Å². The fourth-order valence-electron chi connectivity index (χ4n) is 1.37. The highest BCUT2D eigenvalue weighted by Gasteiger charge is 2.12. The van der Waals surface area contributed by atoms with Crippen molar-refractivity contribution in [2.45, 2.75) is 25.8 Å². The fourth-order valence-corrected chi connectivity index (χ4v) is 1.37. The van der Waals surface area contributed by atoms with Gasteiger partial charge < -0.3 is 10.4 Å².